The quantitative estimate of drug-likeness (QED) is 0.574. The van der Waals surface area contributed by atoms with Gasteiger partial charge in [0.05, 0.1) is 19.6 Å². The lowest BCUT2D eigenvalue weighted by Gasteiger charge is -2.14. The van der Waals surface area contributed by atoms with Crippen molar-refractivity contribution in [1.29, 1.82) is 0 Å². The average molecular weight is 410 g/mol. The Balaban J connectivity index is 1.18. The van der Waals surface area contributed by atoms with Crippen molar-refractivity contribution in [2.24, 2.45) is 5.92 Å². The number of aromatic amines is 1. The van der Waals surface area contributed by atoms with E-state index in [1.54, 1.807) is 7.11 Å². The SMILES string of the molecule is COc1ccc2cc(C(=O)N3CCC(c4nc(CCOCC5CC5)no4)C3)[nH]c2c1. The van der Waals surface area contributed by atoms with Crippen LogP contribution in [0.4, 0.5) is 0 Å². The van der Waals surface area contributed by atoms with Gasteiger partial charge in [0.1, 0.15) is 11.4 Å². The number of carbonyl (C=O) groups excluding carboxylic acids is 1. The van der Waals surface area contributed by atoms with Crippen molar-refractivity contribution in [2.75, 3.05) is 33.4 Å². The maximum absolute atomic E-state index is 13.0. The number of ether oxygens (including phenoxy) is 2. The van der Waals surface area contributed by atoms with E-state index >= 15 is 0 Å². The molecule has 1 aliphatic carbocycles. The number of H-pyrrole nitrogens is 1. The summed E-state index contributed by atoms with van der Waals surface area (Å²) in [5, 5.41) is 5.07. The van der Waals surface area contributed by atoms with E-state index in [1.807, 2.05) is 29.2 Å². The minimum Gasteiger partial charge on any atom is -0.497 e. The van der Waals surface area contributed by atoms with Gasteiger partial charge in [-0.25, -0.2) is 0 Å². The Bertz CT molecular complexity index is 1040. The molecule has 1 atom stereocenters. The normalized spacial score (nSPS) is 19.0. The minimum atomic E-state index is -0.0131. The first-order chi connectivity index (χ1) is 14.7. The molecule has 8 nitrogen and oxygen atoms in total. The summed E-state index contributed by atoms with van der Waals surface area (Å²) in [4.78, 5) is 22.5. The lowest BCUT2D eigenvalue weighted by Crippen LogP contribution is -2.28. The fraction of sp³-hybridized carbons (Fsp3) is 0.500. The van der Waals surface area contributed by atoms with E-state index in [1.165, 1.54) is 12.8 Å². The molecule has 1 aliphatic heterocycles. The first-order valence-corrected chi connectivity index (χ1v) is 10.6. The highest BCUT2D eigenvalue weighted by molar-refractivity contribution is 5.98. The Labute approximate surface area is 174 Å². The first-order valence-electron chi connectivity index (χ1n) is 10.6. The monoisotopic (exact) mass is 410 g/mol. The predicted octanol–water partition coefficient (Wildman–Crippen LogP) is 3.16. The second kappa shape index (κ2) is 8.10. The maximum Gasteiger partial charge on any atom is 0.270 e. The van der Waals surface area contributed by atoms with Crippen LogP contribution in [0.25, 0.3) is 10.9 Å². The van der Waals surface area contributed by atoms with Crippen LogP contribution in [0.15, 0.2) is 28.8 Å². The number of nitrogens with zero attached hydrogens (tertiary/aromatic N) is 3. The summed E-state index contributed by atoms with van der Waals surface area (Å²) in [6.45, 7) is 2.71. The highest BCUT2D eigenvalue weighted by Crippen LogP contribution is 2.29. The molecule has 2 aliphatic rings. The smallest absolute Gasteiger partial charge is 0.270 e. The fourth-order valence-electron chi connectivity index (χ4n) is 3.90. The number of amides is 1. The van der Waals surface area contributed by atoms with Crippen LogP contribution in [0.2, 0.25) is 0 Å². The van der Waals surface area contributed by atoms with Crippen molar-refractivity contribution in [3.05, 3.63) is 41.7 Å². The van der Waals surface area contributed by atoms with Gasteiger partial charge in [-0.3, -0.25) is 4.79 Å². The van der Waals surface area contributed by atoms with Crippen LogP contribution in [-0.2, 0) is 11.2 Å². The Morgan fingerprint density at radius 2 is 2.20 bits per heavy atom. The van der Waals surface area contributed by atoms with Crippen LogP contribution in [0.1, 0.15) is 47.4 Å². The van der Waals surface area contributed by atoms with Gasteiger partial charge in [-0.2, -0.15) is 4.98 Å². The third kappa shape index (κ3) is 4.05. The molecular formula is C22H26N4O4. The molecule has 158 valence electrons. The first kappa shape index (κ1) is 19.1. The Hall–Kier alpha value is -2.87. The molecule has 5 rings (SSSR count). The van der Waals surface area contributed by atoms with Gasteiger partial charge in [0.15, 0.2) is 5.82 Å². The average Bonchev–Trinajstić information content (AvgIpc) is 3.15. The van der Waals surface area contributed by atoms with E-state index in [0.29, 0.717) is 43.5 Å². The van der Waals surface area contributed by atoms with Gasteiger partial charge in [-0.1, -0.05) is 5.16 Å². The molecule has 1 N–H and O–H groups in total. The molecule has 1 saturated carbocycles. The molecule has 3 heterocycles. The summed E-state index contributed by atoms with van der Waals surface area (Å²) in [5.41, 5.74) is 1.47. The molecule has 2 fully saturated rings. The van der Waals surface area contributed by atoms with Crippen LogP contribution >= 0.6 is 0 Å². The van der Waals surface area contributed by atoms with E-state index in [4.69, 9.17) is 14.0 Å². The standard InChI is InChI=1S/C22H26N4O4/c1-28-17-5-4-15-10-19(23-18(15)11-17)22(27)26-8-6-16(12-26)21-24-20(25-30-21)7-9-29-13-14-2-3-14/h4-5,10-11,14,16,23H,2-3,6-9,12-13H2,1H3. The van der Waals surface area contributed by atoms with Gasteiger partial charge in [0.2, 0.25) is 5.89 Å². The Morgan fingerprint density at radius 3 is 3.03 bits per heavy atom. The van der Waals surface area contributed by atoms with Crippen LogP contribution in [-0.4, -0.2) is 59.3 Å². The zero-order valence-corrected chi connectivity index (χ0v) is 17.1. The van der Waals surface area contributed by atoms with Gasteiger partial charge < -0.3 is 23.9 Å². The van der Waals surface area contributed by atoms with Gasteiger partial charge in [0, 0.05) is 43.1 Å². The third-order valence-electron chi connectivity index (χ3n) is 5.89. The number of hydrogen-bond acceptors (Lipinski definition) is 6. The van der Waals surface area contributed by atoms with Crippen molar-refractivity contribution in [1.82, 2.24) is 20.0 Å². The van der Waals surface area contributed by atoms with Crippen LogP contribution in [0.5, 0.6) is 5.75 Å². The number of hydrogen-bond donors (Lipinski definition) is 1. The van der Waals surface area contributed by atoms with E-state index in [0.717, 1.165) is 35.6 Å². The summed E-state index contributed by atoms with van der Waals surface area (Å²) in [5.74, 6) is 2.87. The highest BCUT2D eigenvalue weighted by atomic mass is 16.5. The van der Waals surface area contributed by atoms with Crippen molar-refractivity contribution >= 4 is 16.8 Å². The van der Waals surface area contributed by atoms with Gasteiger partial charge in [-0.05, 0) is 43.4 Å². The molecule has 1 saturated heterocycles. The minimum absolute atomic E-state index is 0.0131. The van der Waals surface area contributed by atoms with Gasteiger partial charge in [-0.15, -0.1) is 0 Å². The molecule has 1 unspecified atom stereocenters. The largest absolute Gasteiger partial charge is 0.497 e. The lowest BCUT2D eigenvalue weighted by molar-refractivity contribution is 0.0784. The summed E-state index contributed by atoms with van der Waals surface area (Å²) in [7, 11) is 1.63. The van der Waals surface area contributed by atoms with Crippen molar-refractivity contribution in [3.8, 4) is 5.75 Å². The number of aromatic nitrogens is 3. The molecule has 3 aromatic rings. The number of methoxy groups -OCH3 is 1. The van der Waals surface area contributed by atoms with E-state index < -0.39 is 0 Å². The fourth-order valence-corrected chi connectivity index (χ4v) is 3.90. The lowest BCUT2D eigenvalue weighted by atomic mass is 10.1. The molecule has 30 heavy (non-hydrogen) atoms. The number of carbonyl (C=O) groups is 1. The molecular weight excluding hydrogens is 384 g/mol. The summed E-state index contributed by atoms with van der Waals surface area (Å²) >= 11 is 0. The number of nitrogens with one attached hydrogen (secondary N) is 1. The second-order valence-electron chi connectivity index (χ2n) is 8.19. The number of likely N-dealkylation sites (tertiary alicyclic amines) is 1. The zero-order chi connectivity index (χ0) is 20.5. The predicted molar refractivity (Wildman–Crippen MR) is 110 cm³/mol. The topological polar surface area (TPSA) is 93.5 Å². The van der Waals surface area contributed by atoms with Gasteiger partial charge >= 0.3 is 0 Å². The van der Waals surface area contributed by atoms with E-state index in [2.05, 4.69) is 15.1 Å². The molecule has 1 amide bonds. The van der Waals surface area contributed by atoms with Crippen molar-refractivity contribution in [2.45, 2.75) is 31.6 Å². The van der Waals surface area contributed by atoms with Crippen molar-refractivity contribution in [3.63, 3.8) is 0 Å². The molecule has 0 bridgehead atoms. The molecule has 2 aromatic heterocycles. The van der Waals surface area contributed by atoms with Crippen LogP contribution < -0.4 is 4.74 Å². The Kier molecular flexibility index (Phi) is 5.16. The second-order valence-corrected chi connectivity index (χ2v) is 8.19. The summed E-state index contributed by atoms with van der Waals surface area (Å²) in [6.07, 6.45) is 4.05. The van der Waals surface area contributed by atoms with Gasteiger partial charge in [0.25, 0.3) is 5.91 Å². The maximum atomic E-state index is 13.0. The summed E-state index contributed by atoms with van der Waals surface area (Å²) < 4.78 is 16.4. The van der Waals surface area contributed by atoms with Crippen LogP contribution in [0.3, 0.4) is 0 Å². The Morgan fingerprint density at radius 1 is 1.30 bits per heavy atom. The highest BCUT2D eigenvalue weighted by Gasteiger charge is 2.32. The number of benzene rings is 1. The number of fused-ring (bicyclic) bond motifs is 1. The molecule has 0 radical (unpaired) electrons. The zero-order valence-electron chi connectivity index (χ0n) is 17.1. The van der Waals surface area contributed by atoms with E-state index in [-0.39, 0.29) is 11.8 Å². The van der Waals surface area contributed by atoms with E-state index in [9.17, 15) is 4.79 Å². The third-order valence-corrected chi connectivity index (χ3v) is 5.89. The van der Waals surface area contributed by atoms with Crippen LogP contribution in [0, 0.1) is 5.92 Å². The summed E-state index contributed by atoms with van der Waals surface area (Å²) in [6, 6.07) is 7.62. The molecule has 0 spiro atoms. The molecule has 8 heteroatoms. The molecule has 1 aromatic carbocycles. The van der Waals surface area contributed by atoms with Crippen molar-refractivity contribution < 1.29 is 18.8 Å². The number of rotatable bonds is 8.